The molecule has 5 nitrogen and oxygen atoms in total. The normalized spacial score (nSPS) is 11.3. The summed E-state index contributed by atoms with van der Waals surface area (Å²) >= 11 is 0. The second-order valence-corrected chi connectivity index (χ2v) is 6.32. The van der Waals surface area contributed by atoms with E-state index in [2.05, 4.69) is 0 Å². The molecule has 0 aliphatic carbocycles. The fourth-order valence-electron chi connectivity index (χ4n) is 1.75. The summed E-state index contributed by atoms with van der Waals surface area (Å²) in [6, 6.07) is 9.81. The van der Waals surface area contributed by atoms with Gasteiger partial charge in [-0.3, -0.25) is 0 Å². The van der Waals surface area contributed by atoms with Crippen molar-refractivity contribution in [2.75, 3.05) is 39.1 Å². The van der Waals surface area contributed by atoms with Gasteiger partial charge in [-0.2, -0.15) is 0 Å². The molecule has 1 rings (SSSR count). The van der Waals surface area contributed by atoms with Crippen molar-refractivity contribution < 1.29 is 13.2 Å². The minimum Gasteiger partial charge on any atom is -0.384 e. The van der Waals surface area contributed by atoms with Crippen molar-refractivity contribution in [3.05, 3.63) is 35.9 Å². The van der Waals surface area contributed by atoms with Gasteiger partial charge in [0.25, 0.3) is 0 Å². The highest BCUT2D eigenvalue weighted by Crippen LogP contribution is 2.06. The number of methoxy groups -OCH3 is 1. The maximum absolute atomic E-state index is 12.1. The van der Waals surface area contributed by atoms with Crippen molar-refractivity contribution in [1.29, 1.82) is 0 Å². The first-order chi connectivity index (χ1) is 9.10. The lowest BCUT2D eigenvalue weighted by Crippen LogP contribution is -2.39. The van der Waals surface area contributed by atoms with E-state index in [1.807, 2.05) is 30.3 Å². The van der Waals surface area contributed by atoms with E-state index in [0.29, 0.717) is 26.1 Å². The summed E-state index contributed by atoms with van der Waals surface area (Å²) in [6.07, 6.45) is 0.688. The molecular weight excluding hydrogens is 300 g/mol. The van der Waals surface area contributed by atoms with Crippen LogP contribution in [0.5, 0.6) is 0 Å². The first-order valence-corrected chi connectivity index (χ1v) is 7.92. The van der Waals surface area contributed by atoms with Crippen molar-refractivity contribution in [3.63, 3.8) is 0 Å². The number of benzene rings is 1. The third-order valence-electron chi connectivity index (χ3n) is 2.81. The van der Waals surface area contributed by atoms with E-state index in [1.54, 1.807) is 0 Å². The molecule has 0 atom stereocenters. The fraction of sp³-hybridized carbons (Fsp3) is 0.538. The molecule has 0 radical (unpaired) electrons. The molecule has 0 saturated carbocycles. The fourth-order valence-corrected chi connectivity index (χ4v) is 3.14. The Labute approximate surface area is 127 Å². The number of rotatable bonds is 9. The van der Waals surface area contributed by atoms with Crippen LogP contribution in [0, 0.1) is 0 Å². The van der Waals surface area contributed by atoms with E-state index >= 15 is 0 Å². The smallest absolute Gasteiger partial charge is 0.216 e. The van der Waals surface area contributed by atoms with Crippen LogP contribution in [-0.4, -0.2) is 51.8 Å². The van der Waals surface area contributed by atoms with Crippen molar-refractivity contribution in [1.82, 2.24) is 4.31 Å². The van der Waals surface area contributed by atoms with Gasteiger partial charge in [-0.25, -0.2) is 12.7 Å². The van der Waals surface area contributed by atoms with Crippen LogP contribution < -0.4 is 5.73 Å². The summed E-state index contributed by atoms with van der Waals surface area (Å²) in [5.74, 6) is -0.00170. The molecule has 0 aliphatic heterocycles. The highest BCUT2D eigenvalue weighted by Gasteiger charge is 2.20. The maximum atomic E-state index is 12.1. The number of hydrogen-bond acceptors (Lipinski definition) is 4. The summed E-state index contributed by atoms with van der Waals surface area (Å²) in [6.45, 7) is 1.32. The topological polar surface area (TPSA) is 72.6 Å². The van der Waals surface area contributed by atoms with Gasteiger partial charge in [0.15, 0.2) is 0 Å². The molecule has 7 heteroatoms. The van der Waals surface area contributed by atoms with E-state index in [0.717, 1.165) is 5.56 Å². The minimum absolute atomic E-state index is 0. The Morgan fingerprint density at radius 1 is 1.20 bits per heavy atom. The number of hydrogen-bond donors (Lipinski definition) is 1. The molecule has 0 saturated heterocycles. The molecule has 116 valence electrons. The Morgan fingerprint density at radius 2 is 1.85 bits per heavy atom. The number of nitrogens with zero attached hydrogens (tertiary/aromatic N) is 1. The molecule has 1 aromatic rings. The number of halogens is 1. The van der Waals surface area contributed by atoms with Gasteiger partial charge in [-0.1, -0.05) is 30.3 Å². The molecule has 0 spiro atoms. The first-order valence-electron chi connectivity index (χ1n) is 6.31. The average molecular weight is 323 g/mol. The third-order valence-corrected chi connectivity index (χ3v) is 4.64. The summed E-state index contributed by atoms with van der Waals surface area (Å²) < 4.78 is 30.5. The Balaban J connectivity index is 0.00000361. The van der Waals surface area contributed by atoms with E-state index in [-0.39, 0.29) is 24.8 Å². The van der Waals surface area contributed by atoms with E-state index in [4.69, 9.17) is 10.5 Å². The van der Waals surface area contributed by atoms with Crippen molar-refractivity contribution >= 4 is 22.4 Å². The highest BCUT2D eigenvalue weighted by molar-refractivity contribution is 7.89. The Hall–Kier alpha value is -0.660. The summed E-state index contributed by atoms with van der Waals surface area (Å²) in [7, 11) is -1.80. The molecule has 0 heterocycles. The standard InChI is InChI=1S/C13H22N2O3S.ClH/c1-18-11-12-19(16,17)15(10-8-14)9-7-13-5-3-2-4-6-13;/h2-6H,7-12,14H2,1H3;1H. The molecule has 0 amide bonds. The van der Waals surface area contributed by atoms with E-state index in [1.165, 1.54) is 11.4 Å². The Morgan fingerprint density at radius 3 is 2.40 bits per heavy atom. The number of nitrogens with two attached hydrogens (primary N) is 1. The lowest BCUT2D eigenvalue weighted by atomic mass is 10.1. The molecule has 0 unspecified atom stereocenters. The average Bonchev–Trinajstić information content (AvgIpc) is 2.42. The van der Waals surface area contributed by atoms with Crippen LogP contribution in [-0.2, 0) is 21.2 Å². The molecule has 20 heavy (non-hydrogen) atoms. The summed E-state index contributed by atoms with van der Waals surface area (Å²) in [5.41, 5.74) is 6.60. The number of sulfonamides is 1. The molecule has 0 aliphatic rings. The van der Waals surface area contributed by atoms with Crippen molar-refractivity contribution in [2.24, 2.45) is 5.73 Å². The molecular formula is C13H23ClN2O3S. The monoisotopic (exact) mass is 322 g/mol. The second kappa shape index (κ2) is 10.1. The maximum Gasteiger partial charge on any atom is 0.216 e. The van der Waals surface area contributed by atoms with Gasteiger partial charge in [-0.05, 0) is 12.0 Å². The van der Waals surface area contributed by atoms with Gasteiger partial charge in [0.05, 0.1) is 12.4 Å². The Bertz CT molecular complexity index is 454. The first kappa shape index (κ1) is 19.3. The third kappa shape index (κ3) is 6.67. The van der Waals surface area contributed by atoms with Gasteiger partial charge in [-0.15, -0.1) is 12.4 Å². The SMILES string of the molecule is COCCS(=O)(=O)N(CCN)CCc1ccccc1.Cl. The van der Waals surface area contributed by atoms with Crippen LogP contribution in [0.25, 0.3) is 0 Å². The van der Waals surface area contributed by atoms with Crippen LogP contribution in [0.15, 0.2) is 30.3 Å². The van der Waals surface area contributed by atoms with Gasteiger partial charge < -0.3 is 10.5 Å². The largest absolute Gasteiger partial charge is 0.384 e. The van der Waals surface area contributed by atoms with Gasteiger partial charge in [0.2, 0.25) is 10.0 Å². The zero-order chi connectivity index (χ0) is 14.1. The number of ether oxygens (including phenoxy) is 1. The Kier molecular flexibility index (Phi) is 9.79. The molecule has 0 fully saturated rings. The van der Waals surface area contributed by atoms with Gasteiger partial charge >= 0.3 is 0 Å². The van der Waals surface area contributed by atoms with Crippen LogP contribution in [0.1, 0.15) is 5.56 Å². The lowest BCUT2D eigenvalue weighted by molar-refractivity contribution is 0.215. The van der Waals surface area contributed by atoms with Crippen molar-refractivity contribution in [2.45, 2.75) is 6.42 Å². The summed E-state index contributed by atoms with van der Waals surface area (Å²) in [4.78, 5) is 0. The van der Waals surface area contributed by atoms with E-state index < -0.39 is 10.0 Å². The van der Waals surface area contributed by atoms with Crippen LogP contribution in [0.2, 0.25) is 0 Å². The molecule has 0 aromatic heterocycles. The molecule has 2 N–H and O–H groups in total. The predicted octanol–water partition coefficient (Wildman–Crippen LogP) is 0.888. The molecule has 1 aromatic carbocycles. The summed E-state index contributed by atoms with van der Waals surface area (Å²) in [5, 5.41) is 0. The quantitative estimate of drug-likeness (QED) is 0.733. The van der Waals surface area contributed by atoms with Crippen molar-refractivity contribution in [3.8, 4) is 0 Å². The van der Waals surface area contributed by atoms with Crippen LogP contribution in [0.4, 0.5) is 0 Å². The minimum atomic E-state index is -3.29. The second-order valence-electron chi connectivity index (χ2n) is 4.23. The van der Waals surface area contributed by atoms with Crippen LogP contribution >= 0.6 is 12.4 Å². The van der Waals surface area contributed by atoms with Crippen LogP contribution in [0.3, 0.4) is 0 Å². The zero-order valence-corrected chi connectivity index (χ0v) is 13.3. The predicted molar refractivity (Wildman–Crippen MR) is 83.7 cm³/mol. The molecule has 0 bridgehead atoms. The van der Waals surface area contributed by atoms with E-state index in [9.17, 15) is 8.42 Å². The highest BCUT2D eigenvalue weighted by atomic mass is 35.5. The van der Waals surface area contributed by atoms with Gasteiger partial charge in [0, 0.05) is 26.7 Å². The lowest BCUT2D eigenvalue weighted by Gasteiger charge is -2.21. The zero-order valence-electron chi connectivity index (χ0n) is 11.7. The van der Waals surface area contributed by atoms with Gasteiger partial charge in [0.1, 0.15) is 0 Å².